The van der Waals surface area contributed by atoms with Crippen molar-refractivity contribution in [1.82, 2.24) is 15.5 Å². The van der Waals surface area contributed by atoms with Gasteiger partial charge in [-0.1, -0.05) is 12.1 Å². The molecule has 1 aromatic carbocycles. The highest BCUT2D eigenvalue weighted by atomic mass is 16.5. The van der Waals surface area contributed by atoms with Crippen molar-refractivity contribution in [3.05, 3.63) is 41.6 Å². The lowest BCUT2D eigenvalue weighted by Crippen LogP contribution is -2.04. The lowest BCUT2D eigenvalue weighted by atomic mass is 10.1. The molecule has 0 aliphatic carbocycles. The molecule has 0 aliphatic rings. The van der Waals surface area contributed by atoms with Gasteiger partial charge in [-0.15, -0.1) is 10.2 Å². The molecule has 1 aromatic heterocycles. The van der Waals surface area contributed by atoms with E-state index in [0.717, 1.165) is 11.3 Å². The van der Waals surface area contributed by atoms with Gasteiger partial charge < -0.3 is 14.5 Å². The van der Waals surface area contributed by atoms with E-state index in [9.17, 15) is 0 Å². The molecule has 0 saturated carbocycles. The second kappa shape index (κ2) is 5.45. The number of nitrogens with zero attached hydrogens (tertiary/aromatic N) is 2. The number of methoxy groups -OCH3 is 1. The summed E-state index contributed by atoms with van der Waals surface area (Å²) < 4.78 is 10.6. The number of hydrogen-bond donors (Lipinski definition) is 1. The lowest BCUT2D eigenvalue weighted by molar-refractivity contribution is 0.413. The summed E-state index contributed by atoms with van der Waals surface area (Å²) in [6, 6.07) is 7.81. The van der Waals surface area contributed by atoms with Crippen molar-refractivity contribution in [2.24, 2.45) is 0 Å². The third kappa shape index (κ3) is 3.04. The van der Waals surface area contributed by atoms with Crippen LogP contribution in [0.1, 0.15) is 17.3 Å². The summed E-state index contributed by atoms with van der Waals surface area (Å²) in [5.74, 6) is 2.05. The molecule has 5 nitrogen and oxygen atoms in total. The molecule has 0 fully saturated rings. The van der Waals surface area contributed by atoms with Gasteiger partial charge in [-0.05, 0) is 24.7 Å². The van der Waals surface area contributed by atoms with E-state index in [4.69, 9.17) is 9.15 Å². The Hall–Kier alpha value is -1.88. The number of ether oxygens (including phenoxy) is 1. The average molecular weight is 233 g/mol. The summed E-state index contributed by atoms with van der Waals surface area (Å²) in [5.41, 5.74) is 1.09. The maximum absolute atomic E-state index is 5.48. The van der Waals surface area contributed by atoms with Crippen LogP contribution in [-0.2, 0) is 13.0 Å². The molecule has 1 heterocycles. The fourth-order valence-corrected chi connectivity index (χ4v) is 1.54. The van der Waals surface area contributed by atoms with Crippen LogP contribution in [0, 0.1) is 0 Å². The first-order valence-electron chi connectivity index (χ1n) is 5.40. The van der Waals surface area contributed by atoms with Gasteiger partial charge in [0.05, 0.1) is 20.1 Å². The number of aromatic nitrogens is 2. The Morgan fingerprint density at radius 2 is 2.12 bits per heavy atom. The Kier molecular flexibility index (Phi) is 3.72. The van der Waals surface area contributed by atoms with E-state index in [2.05, 4.69) is 15.5 Å². The molecule has 0 bridgehead atoms. The minimum Gasteiger partial charge on any atom is -0.497 e. The average Bonchev–Trinajstić information content (AvgIpc) is 2.77. The zero-order chi connectivity index (χ0) is 12.1. The van der Waals surface area contributed by atoms with Gasteiger partial charge in [0.15, 0.2) is 0 Å². The van der Waals surface area contributed by atoms with E-state index in [1.807, 2.05) is 31.3 Å². The van der Waals surface area contributed by atoms with Crippen LogP contribution in [0.15, 0.2) is 28.7 Å². The van der Waals surface area contributed by atoms with E-state index in [0.29, 0.717) is 24.7 Å². The van der Waals surface area contributed by atoms with Gasteiger partial charge in [-0.2, -0.15) is 0 Å². The maximum Gasteiger partial charge on any atom is 0.230 e. The molecule has 1 N–H and O–H groups in total. The number of benzene rings is 1. The van der Waals surface area contributed by atoms with E-state index in [-0.39, 0.29) is 0 Å². The van der Waals surface area contributed by atoms with E-state index in [1.54, 1.807) is 7.11 Å². The van der Waals surface area contributed by atoms with Crippen LogP contribution < -0.4 is 10.1 Å². The molecule has 90 valence electrons. The SMILES string of the molecule is CNCc1nnc(Cc2cccc(OC)c2)o1. The fourth-order valence-electron chi connectivity index (χ4n) is 1.54. The van der Waals surface area contributed by atoms with Gasteiger partial charge in [0.2, 0.25) is 11.8 Å². The topological polar surface area (TPSA) is 60.2 Å². The summed E-state index contributed by atoms with van der Waals surface area (Å²) in [6.07, 6.45) is 0.619. The maximum atomic E-state index is 5.48. The number of hydrogen-bond acceptors (Lipinski definition) is 5. The van der Waals surface area contributed by atoms with Gasteiger partial charge in [0.25, 0.3) is 0 Å². The van der Waals surface area contributed by atoms with Crippen LogP contribution in [0.5, 0.6) is 5.75 Å². The summed E-state index contributed by atoms with van der Waals surface area (Å²) >= 11 is 0. The second-order valence-corrected chi connectivity index (χ2v) is 3.65. The van der Waals surface area contributed by atoms with Gasteiger partial charge in [0, 0.05) is 0 Å². The predicted octanol–water partition coefficient (Wildman–Crippen LogP) is 1.39. The zero-order valence-corrected chi connectivity index (χ0v) is 9.93. The predicted molar refractivity (Wildman–Crippen MR) is 62.9 cm³/mol. The first-order chi connectivity index (χ1) is 8.31. The Morgan fingerprint density at radius 1 is 1.29 bits per heavy atom. The highest BCUT2D eigenvalue weighted by Crippen LogP contribution is 2.15. The Labute approximate surface area is 99.8 Å². The van der Waals surface area contributed by atoms with Gasteiger partial charge in [-0.25, -0.2) is 0 Å². The van der Waals surface area contributed by atoms with Crippen molar-refractivity contribution in [2.75, 3.05) is 14.2 Å². The molecule has 17 heavy (non-hydrogen) atoms. The highest BCUT2D eigenvalue weighted by molar-refractivity contribution is 5.29. The molecule has 0 unspecified atom stereocenters. The third-order valence-corrected chi connectivity index (χ3v) is 2.33. The molecule has 0 amide bonds. The van der Waals surface area contributed by atoms with Crippen LogP contribution in [0.4, 0.5) is 0 Å². The van der Waals surface area contributed by atoms with Crippen molar-refractivity contribution < 1.29 is 9.15 Å². The second-order valence-electron chi connectivity index (χ2n) is 3.65. The third-order valence-electron chi connectivity index (χ3n) is 2.33. The first kappa shape index (κ1) is 11.6. The summed E-state index contributed by atoms with van der Waals surface area (Å²) in [6.45, 7) is 0.588. The molecular formula is C12H15N3O2. The van der Waals surface area contributed by atoms with Crippen LogP contribution in [0.3, 0.4) is 0 Å². The number of nitrogens with one attached hydrogen (secondary N) is 1. The van der Waals surface area contributed by atoms with Gasteiger partial charge >= 0.3 is 0 Å². The first-order valence-corrected chi connectivity index (χ1v) is 5.40. The van der Waals surface area contributed by atoms with Crippen LogP contribution in [-0.4, -0.2) is 24.4 Å². The molecular weight excluding hydrogens is 218 g/mol. The Morgan fingerprint density at radius 3 is 2.88 bits per heavy atom. The van der Waals surface area contributed by atoms with Crippen molar-refractivity contribution >= 4 is 0 Å². The summed E-state index contributed by atoms with van der Waals surface area (Å²) in [5, 5.41) is 10.9. The Balaban J connectivity index is 2.08. The quantitative estimate of drug-likeness (QED) is 0.845. The van der Waals surface area contributed by atoms with Crippen molar-refractivity contribution in [2.45, 2.75) is 13.0 Å². The molecule has 0 aliphatic heterocycles. The zero-order valence-electron chi connectivity index (χ0n) is 9.93. The molecule has 0 spiro atoms. The normalized spacial score (nSPS) is 10.5. The minimum absolute atomic E-state index is 0.588. The summed E-state index contributed by atoms with van der Waals surface area (Å²) in [4.78, 5) is 0. The largest absolute Gasteiger partial charge is 0.497 e. The van der Waals surface area contributed by atoms with E-state index in [1.165, 1.54) is 0 Å². The highest BCUT2D eigenvalue weighted by Gasteiger charge is 2.06. The van der Waals surface area contributed by atoms with Crippen molar-refractivity contribution in [1.29, 1.82) is 0 Å². The Bertz CT molecular complexity index is 482. The van der Waals surface area contributed by atoms with Crippen molar-refractivity contribution in [3.8, 4) is 5.75 Å². The van der Waals surface area contributed by atoms with Gasteiger partial charge in [0.1, 0.15) is 5.75 Å². The van der Waals surface area contributed by atoms with E-state index < -0.39 is 0 Å². The van der Waals surface area contributed by atoms with E-state index >= 15 is 0 Å². The molecule has 0 radical (unpaired) electrons. The molecule has 5 heteroatoms. The van der Waals surface area contributed by atoms with Crippen LogP contribution in [0.2, 0.25) is 0 Å². The van der Waals surface area contributed by atoms with Crippen LogP contribution in [0.25, 0.3) is 0 Å². The minimum atomic E-state index is 0.588. The fraction of sp³-hybridized carbons (Fsp3) is 0.333. The molecule has 0 atom stereocenters. The monoisotopic (exact) mass is 233 g/mol. The molecule has 2 aromatic rings. The molecule has 0 saturated heterocycles. The standard InChI is InChI=1S/C12H15N3O2/c1-13-8-12-15-14-11(17-12)7-9-4-3-5-10(6-9)16-2/h3-6,13H,7-8H2,1-2H3. The smallest absolute Gasteiger partial charge is 0.230 e. The van der Waals surface area contributed by atoms with Crippen LogP contribution >= 0.6 is 0 Å². The lowest BCUT2D eigenvalue weighted by Gasteiger charge is -2.01. The van der Waals surface area contributed by atoms with Gasteiger partial charge in [-0.3, -0.25) is 0 Å². The molecule has 2 rings (SSSR count). The summed E-state index contributed by atoms with van der Waals surface area (Å²) in [7, 11) is 3.49. The van der Waals surface area contributed by atoms with Crippen molar-refractivity contribution in [3.63, 3.8) is 0 Å². The number of rotatable bonds is 5.